The number of carboxylic acids is 1. The van der Waals surface area contributed by atoms with Crippen LogP contribution < -0.4 is 0 Å². The first-order valence-electron chi connectivity index (χ1n) is 6.25. The van der Waals surface area contributed by atoms with Gasteiger partial charge in [0.25, 0.3) is 0 Å². The molecule has 1 unspecified atom stereocenters. The first-order chi connectivity index (χ1) is 9.95. The van der Waals surface area contributed by atoms with Crippen molar-refractivity contribution in [1.29, 1.82) is 0 Å². The van der Waals surface area contributed by atoms with Crippen molar-refractivity contribution in [3.63, 3.8) is 0 Å². The third-order valence-electron chi connectivity index (χ3n) is 3.52. The van der Waals surface area contributed by atoms with Crippen LogP contribution in [0.25, 0.3) is 5.03 Å². The zero-order chi connectivity index (χ0) is 15.3. The number of thioether (sulfide) groups is 1. The first kappa shape index (κ1) is 14.1. The zero-order valence-corrected chi connectivity index (χ0v) is 11.8. The van der Waals surface area contributed by atoms with Gasteiger partial charge in [0, 0.05) is 6.20 Å². The number of carboxylic acid groups (broad SMARTS) is 1. The highest BCUT2D eigenvalue weighted by Gasteiger charge is 2.58. The molecule has 2 aliphatic heterocycles. The van der Waals surface area contributed by atoms with Gasteiger partial charge in [-0.1, -0.05) is 11.8 Å². The van der Waals surface area contributed by atoms with Crippen LogP contribution in [0.2, 0.25) is 0 Å². The zero-order valence-electron chi connectivity index (χ0n) is 11.0. The number of carbonyl (C=O) groups is 2. The summed E-state index contributed by atoms with van der Waals surface area (Å²) in [4.78, 5) is 28.6. The number of rotatable bonds is 4. The number of β-lactam (4-membered cyclic amide) rings is 1. The third kappa shape index (κ3) is 1.96. The van der Waals surface area contributed by atoms with Crippen molar-refractivity contribution in [2.24, 2.45) is 5.92 Å². The lowest BCUT2D eigenvalue weighted by Crippen LogP contribution is -2.60. The van der Waals surface area contributed by atoms with E-state index in [9.17, 15) is 19.8 Å². The lowest BCUT2D eigenvalue weighted by Gasteiger charge is -2.43. The Morgan fingerprint density at radius 3 is 2.81 bits per heavy atom. The second-order valence-corrected chi connectivity index (χ2v) is 5.98. The quantitative estimate of drug-likeness (QED) is 0.642. The Hall–Kier alpha value is -1.84. The summed E-state index contributed by atoms with van der Waals surface area (Å²) in [6.07, 6.45) is 2.07. The molecule has 3 N–H and O–H groups in total. The van der Waals surface area contributed by atoms with Gasteiger partial charge in [0.05, 0.1) is 24.3 Å². The number of hydrogen-bond acceptors (Lipinski definition) is 6. The average molecular weight is 311 g/mol. The van der Waals surface area contributed by atoms with Crippen LogP contribution in [-0.2, 0) is 16.2 Å². The Bertz CT molecular complexity index is 653. The Labute approximate surface area is 123 Å². The molecule has 0 aliphatic carbocycles. The number of aliphatic hydroxyl groups is 2. The molecule has 1 amide bonds. The van der Waals surface area contributed by atoms with Crippen molar-refractivity contribution >= 4 is 28.7 Å². The highest BCUT2D eigenvalue weighted by Crippen LogP contribution is 2.51. The van der Waals surface area contributed by atoms with Gasteiger partial charge in [-0.25, -0.2) is 9.78 Å². The Morgan fingerprint density at radius 1 is 1.57 bits per heavy atom. The van der Waals surface area contributed by atoms with Crippen LogP contribution in [0.3, 0.4) is 0 Å². The molecule has 1 aromatic rings. The van der Waals surface area contributed by atoms with E-state index >= 15 is 0 Å². The maximum atomic E-state index is 12.0. The van der Waals surface area contributed by atoms with E-state index in [0.717, 1.165) is 0 Å². The maximum absolute atomic E-state index is 12.0. The monoisotopic (exact) mass is 311 g/mol. The van der Waals surface area contributed by atoms with Crippen LogP contribution in [0.15, 0.2) is 18.2 Å². The van der Waals surface area contributed by atoms with Crippen molar-refractivity contribution in [2.45, 2.75) is 25.0 Å². The topological polar surface area (TPSA) is 116 Å². The molecule has 3 atom stereocenters. The molecule has 9 heteroatoms. The van der Waals surface area contributed by atoms with Crippen molar-refractivity contribution in [3.05, 3.63) is 23.9 Å². The Balaban J connectivity index is 2.00. The minimum atomic E-state index is -1.21. The van der Waals surface area contributed by atoms with Gasteiger partial charge in [0.15, 0.2) is 5.70 Å². The molecule has 21 heavy (non-hydrogen) atoms. The van der Waals surface area contributed by atoms with E-state index in [4.69, 9.17) is 5.11 Å². The minimum absolute atomic E-state index is 0.117. The van der Waals surface area contributed by atoms with Crippen LogP contribution in [0.1, 0.15) is 12.6 Å². The van der Waals surface area contributed by atoms with E-state index in [-0.39, 0.29) is 12.3 Å². The summed E-state index contributed by atoms with van der Waals surface area (Å²) in [5.74, 6) is -2.21. The summed E-state index contributed by atoms with van der Waals surface area (Å²) in [6, 6.07) is 0. The summed E-state index contributed by atoms with van der Waals surface area (Å²) in [6.45, 7) is 1.26. The number of amides is 1. The van der Waals surface area contributed by atoms with Gasteiger partial charge in [-0.05, 0) is 6.92 Å². The highest BCUT2D eigenvalue weighted by atomic mass is 32.2. The van der Waals surface area contributed by atoms with Gasteiger partial charge in [0.2, 0.25) is 5.91 Å². The number of nitrogens with zero attached hydrogens (tertiary/aromatic N) is 3. The number of aliphatic hydroxyl groups excluding tert-OH is 2. The highest BCUT2D eigenvalue weighted by molar-refractivity contribution is 8.08. The second kappa shape index (κ2) is 4.86. The van der Waals surface area contributed by atoms with Gasteiger partial charge < -0.3 is 15.3 Å². The fraction of sp³-hybridized carbons (Fsp3) is 0.417. The smallest absolute Gasteiger partial charge is 0.355 e. The number of aliphatic carboxylic acids is 1. The van der Waals surface area contributed by atoms with E-state index < -0.39 is 29.3 Å². The molecular formula is C12H13N3O5S. The average Bonchev–Trinajstić information content (AvgIpc) is 2.99. The van der Waals surface area contributed by atoms with E-state index in [1.54, 1.807) is 0 Å². The fourth-order valence-corrected chi connectivity index (χ4v) is 4.05. The fourth-order valence-electron chi connectivity index (χ4n) is 2.50. The predicted octanol–water partition coefficient (Wildman–Crippen LogP) is -0.502. The number of carbonyl (C=O) groups excluding carboxylic acids is 1. The summed E-state index contributed by atoms with van der Waals surface area (Å²) >= 11 is 1.20. The van der Waals surface area contributed by atoms with Gasteiger partial charge >= 0.3 is 5.97 Å². The molecule has 112 valence electrons. The van der Waals surface area contributed by atoms with Crippen LogP contribution in [-0.4, -0.2) is 53.1 Å². The first-order valence-corrected chi connectivity index (χ1v) is 7.13. The molecule has 1 aromatic heterocycles. The van der Waals surface area contributed by atoms with Crippen LogP contribution in [0.4, 0.5) is 0 Å². The Kier molecular flexibility index (Phi) is 3.27. The standard InChI is InChI=1S/C12H13N3O5S/c1-5(17)7-9(18)15-8(12(19)20)11(21-10(7)15)14-2-6(3-16)13-4-14/h2,4-5,7,10,16-17H,3H2,1H3,(H,19,20)/t5?,7-,10+/m0/s1. The van der Waals surface area contributed by atoms with Crippen LogP contribution in [0, 0.1) is 5.92 Å². The van der Waals surface area contributed by atoms with Crippen LogP contribution >= 0.6 is 11.8 Å². The predicted molar refractivity (Wildman–Crippen MR) is 72.4 cm³/mol. The lowest BCUT2D eigenvalue weighted by molar-refractivity contribution is -0.156. The molecule has 0 aromatic carbocycles. The number of aromatic nitrogens is 2. The molecule has 1 saturated heterocycles. The molecule has 3 heterocycles. The SMILES string of the molecule is CC(O)[C@H]1C(=O)N2C(C(=O)O)=C(n3cnc(CO)c3)S[C@H]12. The van der Waals surface area contributed by atoms with Crippen molar-refractivity contribution in [1.82, 2.24) is 14.5 Å². The van der Waals surface area contributed by atoms with Gasteiger partial charge in [-0.3, -0.25) is 14.3 Å². The molecule has 2 aliphatic rings. The lowest BCUT2D eigenvalue weighted by atomic mass is 9.92. The van der Waals surface area contributed by atoms with E-state index in [0.29, 0.717) is 10.7 Å². The summed E-state index contributed by atoms with van der Waals surface area (Å²) in [5, 5.41) is 28.0. The summed E-state index contributed by atoms with van der Waals surface area (Å²) < 4.78 is 1.48. The van der Waals surface area contributed by atoms with Crippen molar-refractivity contribution < 1.29 is 24.9 Å². The molecule has 0 saturated carbocycles. The minimum Gasteiger partial charge on any atom is -0.476 e. The number of fused-ring (bicyclic) bond motifs is 1. The van der Waals surface area contributed by atoms with Gasteiger partial charge in [0.1, 0.15) is 16.7 Å². The Morgan fingerprint density at radius 2 is 2.29 bits per heavy atom. The second-order valence-electron chi connectivity index (χ2n) is 4.87. The molecule has 0 radical (unpaired) electrons. The number of hydrogen-bond donors (Lipinski definition) is 3. The normalized spacial score (nSPS) is 25.9. The molecular weight excluding hydrogens is 298 g/mol. The van der Waals surface area contributed by atoms with Gasteiger partial charge in [-0.2, -0.15) is 0 Å². The van der Waals surface area contributed by atoms with Crippen LogP contribution in [0.5, 0.6) is 0 Å². The maximum Gasteiger partial charge on any atom is 0.355 e. The largest absolute Gasteiger partial charge is 0.476 e. The van der Waals surface area contributed by atoms with E-state index in [1.807, 2.05) is 0 Å². The van der Waals surface area contributed by atoms with Crippen molar-refractivity contribution in [3.8, 4) is 0 Å². The van der Waals surface area contributed by atoms with Gasteiger partial charge in [-0.15, -0.1) is 0 Å². The van der Waals surface area contributed by atoms with Crippen molar-refractivity contribution in [2.75, 3.05) is 0 Å². The van der Waals surface area contributed by atoms with E-state index in [1.165, 1.54) is 40.7 Å². The summed E-state index contributed by atoms with van der Waals surface area (Å²) in [5.41, 5.74) is 0.286. The molecule has 3 rings (SSSR count). The molecule has 0 bridgehead atoms. The molecule has 8 nitrogen and oxygen atoms in total. The van der Waals surface area contributed by atoms with E-state index in [2.05, 4.69) is 4.98 Å². The number of imidazole rings is 1. The molecule has 0 spiro atoms. The molecule has 1 fully saturated rings. The third-order valence-corrected chi connectivity index (χ3v) is 4.89. The summed E-state index contributed by atoms with van der Waals surface area (Å²) in [7, 11) is 0.